The van der Waals surface area contributed by atoms with Crippen molar-refractivity contribution in [3.8, 4) is 0 Å². The minimum Gasteiger partial charge on any atom is -0.481 e. The van der Waals surface area contributed by atoms with E-state index in [0.717, 1.165) is 56.9 Å². The van der Waals surface area contributed by atoms with Crippen molar-refractivity contribution in [2.24, 2.45) is 5.92 Å². The summed E-state index contributed by atoms with van der Waals surface area (Å²) >= 11 is 0. The van der Waals surface area contributed by atoms with Crippen molar-refractivity contribution in [2.75, 3.05) is 0 Å². The van der Waals surface area contributed by atoms with Gasteiger partial charge in [-0.15, -0.1) is 0 Å². The number of carboxylic acid groups (broad SMARTS) is 1. The highest BCUT2D eigenvalue weighted by molar-refractivity contribution is 5.90. The average molecular weight is 483 g/mol. The fourth-order valence-electron chi connectivity index (χ4n) is 4.36. The Labute approximate surface area is 203 Å². The van der Waals surface area contributed by atoms with Gasteiger partial charge in [-0.2, -0.15) is 0 Å². The van der Waals surface area contributed by atoms with Crippen molar-refractivity contribution in [2.45, 2.75) is 123 Å². The normalized spacial score (nSPS) is 17.9. The molecule has 1 N–H and O–H groups in total. The van der Waals surface area contributed by atoms with Crippen LogP contribution in [0.15, 0.2) is 11.6 Å². The van der Waals surface area contributed by atoms with Crippen LogP contribution in [-0.4, -0.2) is 47.3 Å². The maximum absolute atomic E-state index is 11.8. The van der Waals surface area contributed by atoms with Crippen LogP contribution in [0.3, 0.4) is 0 Å². The van der Waals surface area contributed by atoms with E-state index in [1.54, 1.807) is 6.92 Å². The van der Waals surface area contributed by atoms with Crippen LogP contribution < -0.4 is 0 Å². The Balaban J connectivity index is 2.16. The van der Waals surface area contributed by atoms with Gasteiger partial charge in [-0.3, -0.25) is 14.4 Å². The molecule has 0 saturated carbocycles. The van der Waals surface area contributed by atoms with Gasteiger partial charge in [-0.25, -0.2) is 4.79 Å². The highest BCUT2D eigenvalue weighted by Crippen LogP contribution is 2.23. The molecule has 0 aromatic rings. The Kier molecular flexibility index (Phi) is 14.2. The van der Waals surface area contributed by atoms with Crippen LogP contribution in [0.1, 0.15) is 105 Å². The van der Waals surface area contributed by atoms with Crippen molar-refractivity contribution >= 4 is 23.9 Å². The second-order valence-electron chi connectivity index (χ2n) is 9.21. The number of hydrogen-bond acceptors (Lipinski definition) is 7. The van der Waals surface area contributed by atoms with Gasteiger partial charge < -0.3 is 19.3 Å². The number of rotatable bonds is 18. The minimum absolute atomic E-state index is 0.0860. The molecule has 0 amide bonds. The van der Waals surface area contributed by atoms with Gasteiger partial charge in [0.2, 0.25) is 0 Å². The third kappa shape index (κ3) is 12.2. The van der Waals surface area contributed by atoms with E-state index in [0.29, 0.717) is 12.8 Å². The predicted octanol–water partition coefficient (Wildman–Crippen LogP) is 5.12. The molecule has 0 spiro atoms. The minimum atomic E-state index is -1.05. The molecule has 8 nitrogen and oxygen atoms in total. The largest absolute Gasteiger partial charge is 0.481 e. The van der Waals surface area contributed by atoms with E-state index in [4.69, 9.17) is 14.2 Å². The number of esters is 3. The zero-order chi connectivity index (χ0) is 25.5. The van der Waals surface area contributed by atoms with Crippen LogP contribution in [0.25, 0.3) is 0 Å². The standard InChI is InChI=1S/C26H42O8/c1-18-17-22(26(31)32-18)15-13-11-9-7-5-6-8-10-12-14-16-23(25(29)30)24(34-21(4)28)19(2)33-20(3)27/h17-19,23-24H,5-16H2,1-4H3,(H,29,30)/t18?,19-,23+,24+/m0/s1. The number of carbonyl (C=O) groups is 4. The van der Waals surface area contributed by atoms with Crippen LogP contribution in [0, 0.1) is 5.92 Å². The summed E-state index contributed by atoms with van der Waals surface area (Å²) in [6.45, 7) is 5.88. The molecule has 0 saturated heterocycles. The van der Waals surface area contributed by atoms with Crippen molar-refractivity contribution < 1.29 is 38.5 Å². The number of unbranched alkanes of at least 4 members (excludes halogenated alkanes) is 9. The van der Waals surface area contributed by atoms with Gasteiger partial charge in [-0.1, -0.05) is 57.8 Å². The molecule has 1 rings (SSSR count). The van der Waals surface area contributed by atoms with Crippen LogP contribution in [-0.2, 0) is 33.4 Å². The third-order valence-electron chi connectivity index (χ3n) is 6.03. The Morgan fingerprint density at radius 3 is 1.85 bits per heavy atom. The summed E-state index contributed by atoms with van der Waals surface area (Å²) in [4.78, 5) is 46.0. The molecule has 4 atom stereocenters. The van der Waals surface area contributed by atoms with Crippen molar-refractivity contribution in [3.63, 3.8) is 0 Å². The summed E-state index contributed by atoms with van der Waals surface area (Å²) in [6, 6.07) is 0. The first-order chi connectivity index (χ1) is 16.1. The van der Waals surface area contributed by atoms with Gasteiger partial charge >= 0.3 is 23.9 Å². The molecule has 1 aliphatic rings. The second-order valence-corrected chi connectivity index (χ2v) is 9.21. The predicted molar refractivity (Wildman–Crippen MR) is 127 cm³/mol. The molecule has 0 aliphatic carbocycles. The molecule has 34 heavy (non-hydrogen) atoms. The van der Waals surface area contributed by atoms with E-state index < -0.39 is 36.0 Å². The molecule has 8 heteroatoms. The number of carbonyl (C=O) groups excluding carboxylic acids is 3. The van der Waals surface area contributed by atoms with Crippen LogP contribution in [0.5, 0.6) is 0 Å². The molecule has 1 heterocycles. The summed E-state index contributed by atoms with van der Waals surface area (Å²) in [7, 11) is 0. The summed E-state index contributed by atoms with van der Waals surface area (Å²) in [5.41, 5.74) is 0.817. The monoisotopic (exact) mass is 482 g/mol. The lowest BCUT2D eigenvalue weighted by atomic mass is 9.92. The van der Waals surface area contributed by atoms with E-state index in [-0.39, 0.29) is 12.1 Å². The van der Waals surface area contributed by atoms with Crippen molar-refractivity contribution in [1.29, 1.82) is 0 Å². The van der Waals surface area contributed by atoms with Crippen molar-refractivity contribution in [1.82, 2.24) is 0 Å². The van der Waals surface area contributed by atoms with Gasteiger partial charge in [-0.05, 0) is 39.2 Å². The van der Waals surface area contributed by atoms with E-state index in [9.17, 15) is 24.3 Å². The van der Waals surface area contributed by atoms with E-state index >= 15 is 0 Å². The van der Waals surface area contributed by atoms with Gasteiger partial charge in [0.15, 0.2) is 6.10 Å². The molecule has 0 fully saturated rings. The summed E-state index contributed by atoms with van der Waals surface area (Å²) in [5, 5.41) is 9.63. The average Bonchev–Trinajstić information content (AvgIpc) is 3.06. The quantitative estimate of drug-likeness (QED) is 0.162. The third-order valence-corrected chi connectivity index (χ3v) is 6.03. The highest BCUT2D eigenvalue weighted by atomic mass is 16.6. The summed E-state index contributed by atoms with van der Waals surface area (Å²) in [6.07, 6.45) is 11.7. The number of hydrogen-bond donors (Lipinski definition) is 1. The lowest BCUT2D eigenvalue weighted by molar-refractivity contribution is -0.174. The maximum atomic E-state index is 11.8. The molecule has 1 unspecified atom stereocenters. The van der Waals surface area contributed by atoms with Gasteiger partial charge in [0.05, 0.1) is 5.92 Å². The van der Waals surface area contributed by atoms with Crippen molar-refractivity contribution in [3.05, 3.63) is 11.6 Å². The van der Waals surface area contributed by atoms with Crippen LogP contribution >= 0.6 is 0 Å². The highest BCUT2D eigenvalue weighted by Gasteiger charge is 2.36. The SMILES string of the molecule is CC(=O)O[C@H]([C@H](C)OC(C)=O)[C@@H](CCCCCCCCCCCCC1=CC(C)OC1=O)C(=O)O. The molecule has 0 bridgehead atoms. The lowest BCUT2D eigenvalue weighted by Gasteiger charge is -2.28. The van der Waals surface area contributed by atoms with Crippen LogP contribution in [0.2, 0.25) is 0 Å². The van der Waals surface area contributed by atoms with Gasteiger partial charge in [0.25, 0.3) is 0 Å². The Morgan fingerprint density at radius 2 is 1.41 bits per heavy atom. The van der Waals surface area contributed by atoms with E-state index in [1.807, 2.05) is 13.0 Å². The van der Waals surface area contributed by atoms with E-state index in [2.05, 4.69) is 0 Å². The zero-order valence-electron chi connectivity index (χ0n) is 21.2. The maximum Gasteiger partial charge on any atom is 0.334 e. The first-order valence-electron chi connectivity index (χ1n) is 12.6. The molecule has 194 valence electrons. The number of carboxylic acids is 1. The summed E-state index contributed by atoms with van der Waals surface area (Å²) < 4.78 is 15.4. The van der Waals surface area contributed by atoms with Crippen LogP contribution in [0.4, 0.5) is 0 Å². The molecule has 0 radical (unpaired) electrons. The molecule has 1 aliphatic heterocycles. The summed E-state index contributed by atoms with van der Waals surface area (Å²) in [5.74, 6) is -3.27. The topological polar surface area (TPSA) is 116 Å². The second kappa shape index (κ2) is 16.3. The Morgan fingerprint density at radius 1 is 0.912 bits per heavy atom. The molecular weight excluding hydrogens is 440 g/mol. The Bertz CT molecular complexity index is 699. The van der Waals surface area contributed by atoms with E-state index in [1.165, 1.54) is 26.7 Å². The van der Waals surface area contributed by atoms with Gasteiger partial charge in [0.1, 0.15) is 12.2 Å². The lowest BCUT2D eigenvalue weighted by Crippen LogP contribution is -2.41. The molecular formula is C26H42O8. The van der Waals surface area contributed by atoms with Gasteiger partial charge in [0, 0.05) is 19.4 Å². The zero-order valence-corrected chi connectivity index (χ0v) is 21.2. The first-order valence-corrected chi connectivity index (χ1v) is 12.6. The number of ether oxygens (including phenoxy) is 3. The fraction of sp³-hybridized carbons (Fsp3) is 0.769. The molecule has 0 aromatic carbocycles. The number of cyclic esters (lactones) is 1. The smallest absolute Gasteiger partial charge is 0.334 e. The molecule has 0 aromatic heterocycles. The first kappa shape index (κ1) is 29.7. The Hall–Kier alpha value is -2.38. The number of aliphatic carboxylic acids is 1. The fourth-order valence-corrected chi connectivity index (χ4v) is 4.36.